The van der Waals surface area contributed by atoms with Gasteiger partial charge in [-0.3, -0.25) is 19.8 Å². The minimum Gasteiger partial charge on any atom is -0.294 e. The molecular weight excluding hydrogens is 402 g/mol. The maximum Gasteiger partial charge on any atom is 0.328 e. The smallest absolute Gasteiger partial charge is 0.294 e. The molecule has 2 N–H and O–H groups in total. The first-order valence-corrected chi connectivity index (χ1v) is 10.0. The molecule has 136 valence electrons. The molecule has 1 aromatic heterocycles. The summed E-state index contributed by atoms with van der Waals surface area (Å²) in [5.74, 6) is -1.23. The Bertz CT molecular complexity index is 1000. The number of anilines is 1. The van der Waals surface area contributed by atoms with E-state index in [1.807, 2.05) is 4.72 Å². The van der Waals surface area contributed by atoms with Gasteiger partial charge in [-0.05, 0) is 29.6 Å². The van der Waals surface area contributed by atoms with Crippen molar-refractivity contribution in [2.45, 2.75) is 11.3 Å². The molecule has 26 heavy (non-hydrogen) atoms. The number of imide groups is 1. The lowest BCUT2D eigenvalue weighted by Crippen LogP contribution is -2.49. The number of amides is 4. The first kappa shape index (κ1) is 18.4. The molecule has 0 radical (unpaired) electrons. The van der Waals surface area contributed by atoms with Gasteiger partial charge in [-0.1, -0.05) is 17.7 Å². The van der Waals surface area contributed by atoms with E-state index in [1.165, 1.54) is 34.5 Å². The topological polar surface area (TPSA) is 113 Å². The van der Waals surface area contributed by atoms with E-state index >= 15 is 0 Å². The van der Waals surface area contributed by atoms with Crippen molar-refractivity contribution in [1.29, 1.82) is 0 Å². The minimum absolute atomic E-state index is 0.0436. The highest BCUT2D eigenvalue weighted by molar-refractivity contribution is 7.90. The number of halogens is 1. The third-order valence-electron chi connectivity index (χ3n) is 3.58. The van der Waals surface area contributed by atoms with Gasteiger partial charge in [0.2, 0.25) is 5.91 Å². The fourth-order valence-electron chi connectivity index (χ4n) is 2.34. The number of benzene rings is 1. The summed E-state index contributed by atoms with van der Waals surface area (Å²) in [6, 6.07) is 6.57. The predicted molar refractivity (Wildman–Crippen MR) is 95.9 cm³/mol. The number of carbonyl (C=O) groups excluding carboxylic acids is 3. The SMILES string of the molecule is O=C1CCN(c2cccc(C(=O)NS(=O)(=O)c3ccsc3Cl)c2)C(=O)N1. The Morgan fingerprint density at radius 2 is 2.04 bits per heavy atom. The molecule has 3 rings (SSSR count). The maximum atomic E-state index is 12.3. The van der Waals surface area contributed by atoms with E-state index in [-0.39, 0.29) is 33.7 Å². The van der Waals surface area contributed by atoms with Gasteiger partial charge in [-0.2, -0.15) is 0 Å². The van der Waals surface area contributed by atoms with Crippen LogP contribution in [0.1, 0.15) is 16.8 Å². The zero-order valence-corrected chi connectivity index (χ0v) is 15.5. The molecule has 1 fully saturated rings. The Labute approximate surface area is 157 Å². The maximum absolute atomic E-state index is 12.3. The molecule has 0 atom stereocenters. The summed E-state index contributed by atoms with van der Waals surface area (Å²) in [7, 11) is -4.11. The number of sulfonamides is 1. The molecule has 4 amide bonds. The van der Waals surface area contributed by atoms with E-state index in [0.29, 0.717) is 5.69 Å². The summed E-state index contributed by atoms with van der Waals surface area (Å²) in [6.45, 7) is 0.165. The van der Waals surface area contributed by atoms with Crippen molar-refractivity contribution in [2.24, 2.45) is 0 Å². The summed E-state index contributed by atoms with van der Waals surface area (Å²) in [4.78, 5) is 36.6. The Morgan fingerprint density at radius 1 is 1.27 bits per heavy atom. The summed E-state index contributed by atoms with van der Waals surface area (Å²) in [6.07, 6.45) is 0.132. The Balaban J connectivity index is 1.82. The first-order valence-electron chi connectivity index (χ1n) is 7.29. The molecular formula is C15H12ClN3O5S2. The van der Waals surface area contributed by atoms with Gasteiger partial charge in [-0.25, -0.2) is 17.9 Å². The highest BCUT2D eigenvalue weighted by Gasteiger charge is 2.26. The zero-order chi connectivity index (χ0) is 18.9. The van der Waals surface area contributed by atoms with Crippen molar-refractivity contribution in [3.8, 4) is 0 Å². The molecule has 0 saturated carbocycles. The van der Waals surface area contributed by atoms with E-state index in [0.717, 1.165) is 11.3 Å². The van der Waals surface area contributed by atoms with Crippen LogP contribution in [0.15, 0.2) is 40.6 Å². The van der Waals surface area contributed by atoms with E-state index < -0.39 is 22.0 Å². The molecule has 1 aromatic carbocycles. The Hall–Kier alpha value is -2.43. The average Bonchev–Trinajstić information content (AvgIpc) is 3.01. The summed E-state index contributed by atoms with van der Waals surface area (Å²) in [5, 5.41) is 3.68. The second-order valence-electron chi connectivity index (χ2n) is 5.30. The quantitative estimate of drug-likeness (QED) is 0.795. The van der Waals surface area contributed by atoms with Crippen LogP contribution in [-0.4, -0.2) is 32.8 Å². The second kappa shape index (κ2) is 7.06. The first-order chi connectivity index (χ1) is 12.3. The standard InChI is InChI=1S/C15H12ClN3O5S2/c16-13-11(5-7-25-13)26(23,24)18-14(21)9-2-1-3-10(8-9)19-6-4-12(20)17-15(19)22/h1-3,5,7-8H,4,6H2,(H,18,21)(H,17,20,22). The summed E-state index contributed by atoms with van der Waals surface area (Å²) < 4.78 is 26.5. The van der Waals surface area contributed by atoms with Crippen molar-refractivity contribution in [2.75, 3.05) is 11.4 Å². The molecule has 1 aliphatic heterocycles. The minimum atomic E-state index is -4.11. The van der Waals surface area contributed by atoms with Crippen LogP contribution >= 0.6 is 22.9 Å². The molecule has 0 unspecified atom stereocenters. The van der Waals surface area contributed by atoms with Gasteiger partial charge in [0.05, 0.1) is 0 Å². The highest BCUT2D eigenvalue weighted by Crippen LogP contribution is 2.27. The van der Waals surface area contributed by atoms with Crippen molar-refractivity contribution >= 4 is 56.5 Å². The van der Waals surface area contributed by atoms with Crippen molar-refractivity contribution in [3.63, 3.8) is 0 Å². The lowest BCUT2D eigenvalue weighted by Gasteiger charge is -2.26. The van der Waals surface area contributed by atoms with E-state index in [2.05, 4.69) is 5.32 Å². The molecule has 1 saturated heterocycles. The van der Waals surface area contributed by atoms with Crippen molar-refractivity contribution < 1.29 is 22.8 Å². The van der Waals surface area contributed by atoms with Crippen LogP contribution in [0.25, 0.3) is 0 Å². The van der Waals surface area contributed by atoms with Crippen LogP contribution in [0.3, 0.4) is 0 Å². The van der Waals surface area contributed by atoms with Crippen LogP contribution in [0, 0.1) is 0 Å². The van der Waals surface area contributed by atoms with Crippen molar-refractivity contribution in [3.05, 3.63) is 45.6 Å². The summed E-state index contributed by atoms with van der Waals surface area (Å²) in [5.41, 5.74) is 0.413. The van der Waals surface area contributed by atoms with Gasteiger partial charge in [0, 0.05) is 24.2 Å². The van der Waals surface area contributed by atoms with E-state index in [4.69, 9.17) is 11.6 Å². The van der Waals surface area contributed by atoms with E-state index in [9.17, 15) is 22.8 Å². The number of hydrogen-bond acceptors (Lipinski definition) is 6. The third kappa shape index (κ3) is 3.71. The number of nitrogens with one attached hydrogen (secondary N) is 2. The molecule has 0 bridgehead atoms. The van der Waals surface area contributed by atoms with Crippen LogP contribution in [-0.2, 0) is 14.8 Å². The van der Waals surface area contributed by atoms with Gasteiger partial charge in [0.15, 0.2) is 0 Å². The summed E-state index contributed by atoms with van der Waals surface area (Å²) >= 11 is 6.85. The molecule has 0 aliphatic carbocycles. The molecule has 11 heteroatoms. The van der Waals surface area contributed by atoms with Gasteiger partial charge in [0.25, 0.3) is 15.9 Å². The number of thiophene rings is 1. The van der Waals surface area contributed by atoms with Gasteiger partial charge >= 0.3 is 6.03 Å². The average molecular weight is 414 g/mol. The normalized spacial score (nSPS) is 14.9. The third-order valence-corrected chi connectivity index (χ3v) is 6.36. The predicted octanol–water partition coefficient (Wildman–Crippen LogP) is 1.97. The van der Waals surface area contributed by atoms with E-state index in [1.54, 1.807) is 6.07 Å². The number of urea groups is 1. The lowest BCUT2D eigenvalue weighted by molar-refractivity contribution is -0.120. The van der Waals surface area contributed by atoms with Crippen molar-refractivity contribution in [1.82, 2.24) is 10.0 Å². The molecule has 2 heterocycles. The largest absolute Gasteiger partial charge is 0.328 e. The number of hydrogen-bond donors (Lipinski definition) is 2. The fraction of sp³-hybridized carbons (Fsp3) is 0.133. The molecule has 8 nitrogen and oxygen atoms in total. The highest BCUT2D eigenvalue weighted by atomic mass is 35.5. The number of carbonyl (C=O) groups is 3. The van der Waals surface area contributed by atoms with Gasteiger partial charge < -0.3 is 0 Å². The molecule has 2 aromatic rings. The number of rotatable bonds is 4. The Kier molecular flexibility index (Phi) is 4.99. The fourth-order valence-corrected chi connectivity index (χ4v) is 4.86. The second-order valence-corrected chi connectivity index (χ2v) is 8.47. The lowest BCUT2D eigenvalue weighted by atomic mass is 10.1. The van der Waals surface area contributed by atoms with Gasteiger partial charge in [-0.15, -0.1) is 11.3 Å². The molecule has 1 aliphatic rings. The van der Waals surface area contributed by atoms with Crippen LogP contribution in [0.4, 0.5) is 10.5 Å². The monoisotopic (exact) mass is 413 g/mol. The zero-order valence-electron chi connectivity index (χ0n) is 13.1. The molecule has 0 spiro atoms. The van der Waals surface area contributed by atoms with Crippen LogP contribution in [0.2, 0.25) is 4.34 Å². The Morgan fingerprint density at radius 3 is 2.69 bits per heavy atom. The van der Waals surface area contributed by atoms with Gasteiger partial charge in [0.1, 0.15) is 9.23 Å². The van der Waals surface area contributed by atoms with Crippen LogP contribution < -0.4 is 14.9 Å². The number of nitrogens with zero attached hydrogens (tertiary/aromatic N) is 1. The van der Waals surface area contributed by atoms with Crippen LogP contribution in [0.5, 0.6) is 0 Å².